The van der Waals surface area contributed by atoms with Gasteiger partial charge in [-0.15, -0.1) is 0 Å². The van der Waals surface area contributed by atoms with Crippen LogP contribution in [0.15, 0.2) is 48.5 Å². The molecule has 0 fully saturated rings. The lowest BCUT2D eigenvalue weighted by atomic mass is 10.1. The highest BCUT2D eigenvalue weighted by Gasteiger charge is 2.05. The highest BCUT2D eigenvalue weighted by Crippen LogP contribution is 2.22. The Morgan fingerprint density at radius 3 is 2.42 bits per heavy atom. The molecule has 0 spiro atoms. The van der Waals surface area contributed by atoms with E-state index in [2.05, 4.69) is 5.32 Å². The summed E-state index contributed by atoms with van der Waals surface area (Å²) in [6.45, 7) is 1.95. The Bertz CT molecular complexity index is 767. The molecule has 124 valence electrons. The summed E-state index contributed by atoms with van der Waals surface area (Å²) < 4.78 is 0. The quantitative estimate of drug-likeness (QED) is 0.535. The number of benzene rings is 2. The lowest BCUT2D eigenvalue weighted by Crippen LogP contribution is -2.10. The standard InChI is InChI=1S/C19H17Cl2NO2/c1-2-3-19(24)22-16-9-5-14(6-10-16)18(23)11-7-13-4-8-15(20)12-17(13)21/h4-12H,2-3H2,1H3,(H,22,24). The van der Waals surface area contributed by atoms with Crippen molar-refractivity contribution in [3.8, 4) is 0 Å². The summed E-state index contributed by atoms with van der Waals surface area (Å²) in [4.78, 5) is 23.7. The van der Waals surface area contributed by atoms with Crippen molar-refractivity contribution in [2.75, 3.05) is 5.32 Å². The molecule has 0 saturated carbocycles. The number of hydrogen-bond donors (Lipinski definition) is 1. The summed E-state index contributed by atoms with van der Waals surface area (Å²) >= 11 is 11.9. The number of amides is 1. The van der Waals surface area contributed by atoms with Gasteiger partial charge in [-0.2, -0.15) is 0 Å². The van der Waals surface area contributed by atoms with E-state index in [9.17, 15) is 9.59 Å². The van der Waals surface area contributed by atoms with Crippen molar-refractivity contribution in [3.63, 3.8) is 0 Å². The van der Waals surface area contributed by atoms with Crippen LogP contribution in [0.25, 0.3) is 6.08 Å². The van der Waals surface area contributed by atoms with Crippen LogP contribution in [0.3, 0.4) is 0 Å². The Kier molecular flexibility index (Phi) is 6.59. The third-order valence-corrected chi connectivity index (χ3v) is 3.87. The maximum Gasteiger partial charge on any atom is 0.224 e. The first-order chi connectivity index (χ1) is 11.5. The Morgan fingerprint density at radius 1 is 1.08 bits per heavy atom. The predicted molar refractivity (Wildman–Crippen MR) is 99.8 cm³/mol. The number of anilines is 1. The van der Waals surface area contributed by atoms with Crippen LogP contribution in [0, 0.1) is 0 Å². The topological polar surface area (TPSA) is 46.2 Å². The second-order valence-electron chi connectivity index (χ2n) is 5.24. The lowest BCUT2D eigenvalue weighted by Gasteiger charge is -2.04. The molecule has 24 heavy (non-hydrogen) atoms. The monoisotopic (exact) mass is 361 g/mol. The van der Waals surface area contributed by atoms with Gasteiger partial charge in [-0.3, -0.25) is 9.59 Å². The third kappa shape index (κ3) is 5.22. The Morgan fingerprint density at radius 2 is 1.79 bits per heavy atom. The maximum absolute atomic E-state index is 12.2. The molecule has 0 radical (unpaired) electrons. The number of halogens is 2. The number of ketones is 1. The van der Waals surface area contributed by atoms with Crippen molar-refractivity contribution in [1.29, 1.82) is 0 Å². The molecular weight excluding hydrogens is 345 g/mol. The van der Waals surface area contributed by atoms with Crippen LogP contribution in [0.4, 0.5) is 5.69 Å². The summed E-state index contributed by atoms with van der Waals surface area (Å²) in [5.41, 5.74) is 1.93. The van der Waals surface area contributed by atoms with Crippen LogP contribution >= 0.6 is 23.2 Å². The minimum Gasteiger partial charge on any atom is -0.326 e. The number of nitrogens with one attached hydrogen (secondary N) is 1. The van der Waals surface area contributed by atoms with Crippen LogP contribution in [-0.2, 0) is 4.79 Å². The molecule has 0 saturated heterocycles. The van der Waals surface area contributed by atoms with E-state index < -0.39 is 0 Å². The molecular formula is C19H17Cl2NO2. The van der Waals surface area contributed by atoms with Gasteiger partial charge in [-0.25, -0.2) is 0 Å². The number of carbonyl (C=O) groups is 2. The minimum absolute atomic E-state index is 0.0335. The summed E-state index contributed by atoms with van der Waals surface area (Å²) in [6, 6.07) is 11.9. The predicted octanol–water partition coefficient (Wildman–Crippen LogP) is 5.63. The van der Waals surface area contributed by atoms with Gasteiger partial charge in [0.25, 0.3) is 0 Å². The zero-order valence-corrected chi connectivity index (χ0v) is 14.7. The van der Waals surface area contributed by atoms with Crippen LogP contribution in [0.5, 0.6) is 0 Å². The first-order valence-electron chi connectivity index (χ1n) is 7.57. The molecule has 2 aromatic rings. The molecule has 1 amide bonds. The first kappa shape index (κ1) is 18.2. The van der Waals surface area contributed by atoms with Gasteiger partial charge in [0.15, 0.2) is 5.78 Å². The van der Waals surface area contributed by atoms with Crippen LogP contribution in [0.1, 0.15) is 35.7 Å². The van der Waals surface area contributed by atoms with Crippen molar-refractivity contribution in [1.82, 2.24) is 0 Å². The zero-order valence-electron chi connectivity index (χ0n) is 13.2. The molecule has 0 aliphatic carbocycles. The van der Waals surface area contributed by atoms with E-state index in [0.717, 1.165) is 12.0 Å². The Balaban J connectivity index is 2.04. The zero-order chi connectivity index (χ0) is 17.5. The van der Waals surface area contributed by atoms with E-state index in [-0.39, 0.29) is 11.7 Å². The largest absolute Gasteiger partial charge is 0.326 e. The average molecular weight is 362 g/mol. The molecule has 0 bridgehead atoms. The number of carbonyl (C=O) groups excluding carboxylic acids is 2. The van der Waals surface area contributed by atoms with Gasteiger partial charge < -0.3 is 5.32 Å². The highest BCUT2D eigenvalue weighted by atomic mass is 35.5. The fourth-order valence-corrected chi connectivity index (χ4v) is 2.54. The van der Waals surface area contributed by atoms with Gasteiger partial charge in [0.05, 0.1) is 0 Å². The van der Waals surface area contributed by atoms with E-state index in [1.807, 2.05) is 6.92 Å². The fourth-order valence-electron chi connectivity index (χ4n) is 2.07. The van der Waals surface area contributed by atoms with E-state index >= 15 is 0 Å². The number of rotatable bonds is 6. The average Bonchev–Trinajstić information content (AvgIpc) is 2.54. The van der Waals surface area contributed by atoms with E-state index in [4.69, 9.17) is 23.2 Å². The van der Waals surface area contributed by atoms with Crippen LogP contribution < -0.4 is 5.32 Å². The van der Waals surface area contributed by atoms with E-state index in [1.54, 1.807) is 48.5 Å². The molecule has 2 aromatic carbocycles. The van der Waals surface area contributed by atoms with Gasteiger partial charge in [-0.1, -0.05) is 36.2 Å². The van der Waals surface area contributed by atoms with Gasteiger partial charge in [0.2, 0.25) is 5.91 Å². The fraction of sp³-hybridized carbons (Fsp3) is 0.158. The molecule has 0 aliphatic heterocycles. The molecule has 0 aliphatic rings. The van der Waals surface area contributed by atoms with Crippen LogP contribution in [0.2, 0.25) is 10.0 Å². The SMILES string of the molecule is CCCC(=O)Nc1ccc(C(=O)C=Cc2ccc(Cl)cc2Cl)cc1. The number of allylic oxidation sites excluding steroid dienone is 1. The molecule has 0 heterocycles. The second kappa shape index (κ2) is 8.67. The molecule has 0 aromatic heterocycles. The van der Waals surface area contributed by atoms with E-state index in [1.165, 1.54) is 6.08 Å². The highest BCUT2D eigenvalue weighted by molar-refractivity contribution is 6.35. The molecule has 1 N–H and O–H groups in total. The summed E-state index contributed by atoms with van der Waals surface area (Å²) in [5, 5.41) is 3.81. The van der Waals surface area contributed by atoms with Crippen molar-refractivity contribution < 1.29 is 9.59 Å². The van der Waals surface area contributed by atoms with Gasteiger partial charge >= 0.3 is 0 Å². The Hall–Kier alpha value is -2.10. The van der Waals surface area contributed by atoms with E-state index in [0.29, 0.717) is 27.7 Å². The number of hydrogen-bond acceptors (Lipinski definition) is 2. The second-order valence-corrected chi connectivity index (χ2v) is 6.08. The smallest absolute Gasteiger partial charge is 0.224 e. The molecule has 2 rings (SSSR count). The van der Waals surface area contributed by atoms with Crippen LogP contribution in [-0.4, -0.2) is 11.7 Å². The first-order valence-corrected chi connectivity index (χ1v) is 8.32. The van der Waals surface area contributed by atoms with Crippen molar-refractivity contribution in [3.05, 3.63) is 69.7 Å². The molecule has 3 nitrogen and oxygen atoms in total. The molecule has 5 heteroatoms. The van der Waals surface area contributed by atoms with Crippen molar-refractivity contribution >= 4 is 46.7 Å². The minimum atomic E-state index is -0.146. The van der Waals surface area contributed by atoms with Gasteiger partial charge in [0, 0.05) is 27.7 Å². The molecule has 0 atom stereocenters. The van der Waals surface area contributed by atoms with Gasteiger partial charge in [-0.05, 0) is 60.5 Å². The third-order valence-electron chi connectivity index (χ3n) is 3.31. The summed E-state index contributed by atoms with van der Waals surface area (Å²) in [6.07, 6.45) is 4.38. The summed E-state index contributed by atoms with van der Waals surface area (Å²) in [5.74, 6) is -0.179. The Labute approximate surface area is 151 Å². The lowest BCUT2D eigenvalue weighted by molar-refractivity contribution is -0.116. The summed E-state index contributed by atoms with van der Waals surface area (Å²) in [7, 11) is 0. The molecule has 0 unspecified atom stereocenters. The van der Waals surface area contributed by atoms with Crippen molar-refractivity contribution in [2.24, 2.45) is 0 Å². The maximum atomic E-state index is 12.2. The normalized spacial score (nSPS) is 10.8. The van der Waals surface area contributed by atoms with Gasteiger partial charge in [0.1, 0.15) is 0 Å². The van der Waals surface area contributed by atoms with Crippen molar-refractivity contribution in [2.45, 2.75) is 19.8 Å².